The monoisotopic (exact) mass is 341 g/mol. The fraction of sp³-hybridized carbons (Fsp3) is 0.467. The lowest BCUT2D eigenvalue weighted by atomic mass is 9.99. The van der Waals surface area contributed by atoms with E-state index in [-0.39, 0.29) is 30.3 Å². The van der Waals surface area contributed by atoms with E-state index in [2.05, 4.69) is 4.74 Å². The maximum Gasteiger partial charge on any atom is 0.338 e. The van der Waals surface area contributed by atoms with Crippen molar-refractivity contribution in [1.82, 2.24) is 4.31 Å². The van der Waals surface area contributed by atoms with Crippen LogP contribution in [0.3, 0.4) is 0 Å². The highest BCUT2D eigenvalue weighted by molar-refractivity contribution is 7.88. The maximum absolute atomic E-state index is 12.6. The standard InChI is InChI=1S/C15H19NO6S/c1-10-7-16(8-13(10)14(17)18)23(20,21)9-11-5-3-4-6-12(11)15(19)22-2/h3-6,10,13H,7-9H2,1-2H3,(H,17,18)/t10-,13-/m1/s1. The molecule has 1 fully saturated rings. The number of methoxy groups -OCH3 is 1. The van der Waals surface area contributed by atoms with Crippen molar-refractivity contribution in [2.45, 2.75) is 12.7 Å². The molecule has 2 atom stereocenters. The van der Waals surface area contributed by atoms with Gasteiger partial charge in [-0.25, -0.2) is 17.5 Å². The molecule has 0 aromatic heterocycles. The van der Waals surface area contributed by atoms with Crippen molar-refractivity contribution in [1.29, 1.82) is 0 Å². The van der Waals surface area contributed by atoms with Gasteiger partial charge in [0.1, 0.15) is 0 Å². The molecule has 7 nitrogen and oxygen atoms in total. The Balaban J connectivity index is 2.23. The largest absolute Gasteiger partial charge is 0.481 e. The number of benzene rings is 1. The predicted octanol–water partition coefficient (Wildman–Crippen LogP) is 0.956. The number of esters is 1. The molecule has 0 amide bonds. The minimum Gasteiger partial charge on any atom is -0.481 e. The van der Waals surface area contributed by atoms with Gasteiger partial charge in [-0.1, -0.05) is 25.1 Å². The number of hydrogen-bond donors (Lipinski definition) is 1. The Morgan fingerprint density at radius 1 is 1.30 bits per heavy atom. The maximum atomic E-state index is 12.6. The highest BCUT2D eigenvalue weighted by atomic mass is 32.2. The Labute approximate surface area is 134 Å². The van der Waals surface area contributed by atoms with Gasteiger partial charge >= 0.3 is 11.9 Å². The number of nitrogens with zero attached hydrogens (tertiary/aromatic N) is 1. The molecule has 0 aliphatic carbocycles. The van der Waals surface area contributed by atoms with Crippen LogP contribution in [0.1, 0.15) is 22.8 Å². The van der Waals surface area contributed by atoms with Gasteiger partial charge in [-0.3, -0.25) is 4.79 Å². The fourth-order valence-electron chi connectivity index (χ4n) is 2.71. The lowest BCUT2D eigenvalue weighted by molar-refractivity contribution is -0.142. The number of ether oxygens (including phenoxy) is 1. The summed E-state index contributed by atoms with van der Waals surface area (Å²) in [7, 11) is -2.49. The average molecular weight is 341 g/mol. The van der Waals surface area contributed by atoms with Gasteiger partial charge in [0.25, 0.3) is 0 Å². The summed E-state index contributed by atoms with van der Waals surface area (Å²) in [6, 6.07) is 6.33. The Bertz CT molecular complexity index is 714. The van der Waals surface area contributed by atoms with Crippen LogP contribution in [-0.2, 0) is 25.3 Å². The van der Waals surface area contributed by atoms with Crippen LogP contribution in [-0.4, -0.2) is 50.0 Å². The van der Waals surface area contributed by atoms with Crippen LogP contribution in [0.4, 0.5) is 0 Å². The third kappa shape index (κ3) is 3.70. The molecule has 8 heteroatoms. The lowest BCUT2D eigenvalue weighted by Gasteiger charge is -2.17. The molecule has 1 saturated heterocycles. The molecule has 0 bridgehead atoms. The zero-order valence-electron chi connectivity index (χ0n) is 12.9. The molecule has 1 aliphatic rings. The van der Waals surface area contributed by atoms with Gasteiger partial charge in [0.2, 0.25) is 10.0 Å². The number of aliphatic carboxylic acids is 1. The van der Waals surface area contributed by atoms with E-state index in [9.17, 15) is 18.0 Å². The second-order valence-electron chi connectivity index (χ2n) is 5.64. The molecule has 1 aromatic carbocycles. The zero-order valence-corrected chi connectivity index (χ0v) is 13.7. The van der Waals surface area contributed by atoms with Crippen LogP contribution in [0.2, 0.25) is 0 Å². The smallest absolute Gasteiger partial charge is 0.338 e. The number of hydrogen-bond acceptors (Lipinski definition) is 5. The first kappa shape index (κ1) is 17.4. The van der Waals surface area contributed by atoms with E-state index in [1.165, 1.54) is 17.5 Å². The van der Waals surface area contributed by atoms with Gasteiger partial charge in [0, 0.05) is 13.1 Å². The van der Waals surface area contributed by atoms with Crippen molar-refractivity contribution in [2.75, 3.05) is 20.2 Å². The van der Waals surface area contributed by atoms with E-state index in [1.54, 1.807) is 25.1 Å². The second kappa shape index (κ2) is 6.67. The number of carbonyl (C=O) groups is 2. The van der Waals surface area contributed by atoms with Crippen LogP contribution in [0.15, 0.2) is 24.3 Å². The minimum absolute atomic E-state index is 0.0424. The van der Waals surface area contributed by atoms with Crippen molar-refractivity contribution < 1.29 is 27.9 Å². The number of carboxylic acids is 1. The van der Waals surface area contributed by atoms with Gasteiger partial charge in [0.05, 0.1) is 24.3 Å². The van der Waals surface area contributed by atoms with Crippen molar-refractivity contribution in [3.8, 4) is 0 Å². The van der Waals surface area contributed by atoms with Crippen LogP contribution in [0.25, 0.3) is 0 Å². The molecule has 23 heavy (non-hydrogen) atoms. The molecule has 0 radical (unpaired) electrons. The van der Waals surface area contributed by atoms with E-state index >= 15 is 0 Å². The molecule has 0 unspecified atom stereocenters. The van der Waals surface area contributed by atoms with Gasteiger partial charge in [-0.05, 0) is 17.5 Å². The van der Waals surface area contributed by atoms with E-state index in [0.29, 0.717) is 5.56 Å². The van der Waals surface area contributed by atoms with Crippen LogP contribution in [0.5, 0.6) is 0 Å². The summed E-state index contributed by atoms with van der Waals surface area (Å²) in [5, 5.41) is 9.12. The molecule has 1 aromatic rings. The van der Waals surface area contributed by atoms with Crippen molar-refractivity contribution in [3.05, 3.63) is 35.4 Å². The molecule has 1 aliphatic heterocycles. The van der Waals surface area contributed by atoms with Gasteiger partial charge in [-0.2, -0.15) is 0 Å². The summed E-state index contributed by atoms with van der Waals surface area (Å²) in [5.74, 6) is -2.92. The minimum atomic E-state index is -3.71. The van der Waals surface area contributed by atoms with Crippen molar-refractivity contribution in [3.63, 3.8) is 0 Å². The number of carbonyl (C=O) groups excluding carboxylic acids is 1. The normalized spacial score (nSPS) is 22.0. The van der Waals surface area contributed by atoms with Gasteiger partial charge in [-0.15, -0.1) is 0 Å². The molecule has 126 valence electrons. The number of carboxylic acid groups (broad SMARTS) is 1. The summed E-state index contributed by atoms with van der Waals surface area (Å²) >= 11 is 0. The highest BCUT2D eigenvalue weighted by Crippen LogP contribution is 2.27. The Kier molecular flexibility index (Phi) is 5.06. The molecule has 1 heterocycles. The average Bonchev–Trinajstić information content (AvgIpc) is 2.90. The van der Waals surface area contributed by atoms with Crippen molar-refractivity contribution in [2.24, 2.45) is 11.8 Å². The Morgan fingerprint density at radius 3 is 2.52 bits per heavy atom. The molecule has 0 saturated carbocycles. The van der Waals surface area contributed by atoms with Crippen LogP contribution < -0.4 is 0 Å². The fourth-order valence-corrected chi connectivity index (χ4v) is 4.39. The molecular weight excluding hydrogens is 322 g/mol. The van der Waals surface area contributed by atoms with Crippen LogP contribution in [0, 0.1) is 11.8 Å². The molecule has 1 N–H and O–H groups in total. The molecular formula is C15H19NO6S. The zero-order chi connectivity index (χ0) is 17.2. The summed E-state index contributed by atoms with van der Waals surface area (Å²) in [6.07, 6.45) is 0. The molecule has 0 spiro atoms. The molecule has 2 rings (SSSR count). The van der Waals surface area contributed by atoms with E-state index in [0.717, 1.165) is 0 Å². The summed E-state index contributed by atoms with van der Waals surface area (Å²) < 4.78 is 31.0. The Hall–Kier alpha value is -1.93. The summed E-state index contributed by atoms with van der Waals surface area (Å²) in [5.41, 5.74) is 0.534. The SMILES string of the molecule is COC(=O)c1ccccc1CS(=O)(=O)N1C[C@@H](C)[C@H](C(=O)O)C1. The predicted molar refractivity (Wildman–Crippen MR) is 82.3 cm³/mol. The third-order valence-electron chi connectivity index (χ3n) is 4.05. The first-order chi connectivity index (χ1) is 10.8. The van der Waals surface area contributed by atoms with E-state index < -0.39 is 27.9 Å². The summed E-state index contributed by atoms with van der Waals surface area (Å²) in [6.45, 7) is 1.84. The highest BCUT2D eigenvalue weighted by Gasteiger charge is 2.40. The quantitative estimate of drug-likeness (QED) is 0.801. The second-order valence-corrected chi connectivity index (χ2v) is 7.61. The number of sulfonamides is 1. The van der Waals surface area contributed by atoms with E-state index in [1.807, 2.05) is 0 Å². The van der Waals surface area contributed by atoms with Gasteiger partial charge in [0.15, 0.2) is 0 Å². The first-order valence-corrected chi connectivity index (χ1v) is 8.74. The number of rotatable bonds is 5. The first-order valence-electron chi connectivity index (χ1n) is 7.13. The van der Waals surface area contributed by atoms with Gasteiger partial charge < -0.3 is 9.84 Å². The van der Waals surface area contributed by atoms with E-state index in [4.69, 9.17) is 5.11 Å². The third-order valence-corrected chi connectivity index (χ3v) is 5.81. The van der Waals surface area contributed by atoms with Crippen LogP contribution >= 0.6 is 0 Å². The lowest BCUT2D eigenvalue weighted by Crippen LogP contribution is -2.31. The Morgan fingerprint density at radius 2 is 1.96 bits per heavy atom. The topological polar surface area (TPSA) is 101 Å². The summed E-state index contributed by atoms with van der Waals surface area (Å²) in [4.78, 5) is 22.9. The van der Waals surface area contributed by atoms with Crippen molar-refractivity contribution >= 4 is 22.0 Å².